The molecule has 2 atom stereocenters. The maximum Gasteiger partial charge on any atom is 0.328 e. The molecular formula is C20H48O7Si3. The van der Waals surface area contributed by atoms with Crippen molar-refractivity contribution in [2.24, 2.45) is 0 Å². The molecule has 0 aliphatic rings. The summed E-state index contributed by atoms with van der Waals surface area (Å²) in [5, 5.41) is 0. The number of hydrogen-bond donors (Lipinski definition) is 0. The molecule has 0 aromatic carbocycles. The van der Waals surface area contributed by atoms with Crippen molar-refractivity contribution >= 4 is 25.7 Å². The molecule has 30 heavy (non-hydrogen) atoms. The second kappa shape index (κ2) is 14.5. The first kappa shape index (κ1) is 30.4. The van der Waals surface area contributed by atoms with Crippen LogP contribution in [0.2, 0.25) is 37.8 Å². The van der Waals surface area contributed by atoms with Crippen molar-refractivity contribution < 1.29 is 31.3 Å². The predicted molar refractivity (Wildman–Crippen MR) is 129 cm³/mol. The lowest BCUT2D eigenvalue weighted by Gasteiger charge is -2.41. The Labute approximate surface area is 188 Å². The van der Waals surface area contributed by atoms with Crippen LogP contribution in [0, 0.1) is 0 Å². The largest absolute Gasteiger partial charge is 0.415 e. The van der Waals surface area contributed by atoms with Crippen LogP contribution in [-0.4, -0.2) is 78.0 Å². The van der Waals surface area contributed by atoms with Crippen molar-refractivity contribution in [2.45, 2.75) is 97.6 Å². The highest BCUT2D eigenvalue weighted by Crippen LogP contribution is 2.28. The first-order valence-electron chi connectivity index (χ1n) is 11.1. The van der Waals surface area contributed by atoms with Crippen LogP contribution in [0.5, 0.6) is 0 Å². The second-order valence-electron chi connectivity index (χ2n) is 9.02. The van der Waals surface area contributed by atoms with E-state index in [-0.39, 0.29) is 18.3 Å². The number of hydrogen-bond acceptors (Lipinski definition) is 7. The topological polar surface area (TPSA) is 64.6 Å². The van der Waals surface area contributed by atoms with E-state index in [2.05, 4.69) is 19.6 Å². The Bertz CT molecular complexity index is 424. The van der Waals surface area contributed by atoms with Gasteiger partial charge in [0, 0.05) is 52.2 Å². The molecule has 0 aromatic rings. The lowest BCUT2D eigenvalue weighted by Crippen LogP contribution is -2.58. The molecule has 0 saturated heterocycles. The van der Waals surface area contributed by atoms with Crippen molar-refractivity contribution in [3.8, 4) is 0 Å². The third-order valence-corrected chi connectivity index (χ3v) is 16.7. The summed E-state index contributed by atoms with van der Waals surface area (Å²) < 4.78 is 42.7. The molecule has 0 fully saturated rings. The highest BCUT2D eigenvalue weighted by molar-refractivity contribution is 6.85. The lowest BCUT2D eigenvalue weighted by atomic mass is 10.5. The summed E-state index contributed by atoms with van der Waals surface area (Å²) >= 11 is 0. The Morgan fingerprint density at radius 2 is 0.767 bits per heavy atom. The van der Waals surface area contributed by atoms with Crippen molar-refractivity contribution in [3.05, 3.63) is 0 Å². The normalized spacial score (nSPS) is 18.6. The van der Waals surface area contributed by atoms with Crippen LogP contribution in [-0.2, 0) is 31.3 Å². The molecule has 7 nitrogen and oxygen atoms in total. The smallest absolute Gasteiger partial charge is 0.328 e. The van der Waals surface area contributed by atoms with Gasteiger partial charge in [-0.1, -0.05) is 0 Å². The molecule has 0 radical (unpaired) electrons. The Morgan fingerprint density at radius 3 is 1.00 bits per heavy atom. The van der Waals surface area contributed by atoms with E-state index in [1.807, 2.05) is 41.5 Å². The molecule has 0 amide bonds. The SMILES string of the molecule is CO[Si](C)(CCOC(C)C)O[Si](C)(CCOC(C)C)O[Si](C)(CCOC(C)C)OC. The van der Waals surface area contributed by atoms with Gasteiger partial charge in [-0.15, -0.1) is 0 Å². The maximum atomic E-state index is 6.75. The van der Waals surface area contributed by atoms with Gasteiger partial charge in [0.2, 0.25) is 0 Å². The van der Waals surface area contributed by atoms with Crippen LogP contribution in [0.1, 0.15) is 41.5 Å². The van der Waals surface area contributed by atoms with E-state index in [1.165, 1.54) is 0 Å². The molecular weight excluding hydrogens is 436 g/mol. The van der Waals surface area contributed by atoms with Gasteiger partial charge in [-0.05, 0) is 61.2 Å². The molecule has 182 valence electrons. The highest BCUT2D eigenvalue weighted by atomic mass is 28.5. The number of rotatable bonds is 18. The molecule has 0 aliphatic carbocycles. The Kier molecular flexibility index (Phi) is 14.7. The van der Waals surface area contributed by atoms with Crippen LogP contribution in [0.3, 0.4) is 0 Å². The fourth-order valence-electron chi connectivity index (χ4n) is 2.87. The summed E-state index contributed by atoms with van der Waals surface area (Å²) in [5.41, 5.74) is 0. The van der Waals surface area contributed by atoms with Gasteiger partial charge in [-0.25, -0.2) is 0 Å². The van der Waals surface area contributed by atoms with Gasteiger partial charge in [-0.3, -0.25) is 0 Å². The fourth-order valence-corrected chi connectivity index (χ4v) is 14.9. The summed E-state index contributed by atoms with van der Waals surface area (Å²) in [7, 11) is -4.14. The van der Waals surface area contributed by atoms with Crippen molar-refractivity contribution in [1.29, 1.82) is 0 Å². The van der Waals surface area contributed by atoms with E-state index in [9.17, 15) is 0 Å². The van der Waals surface area contributed by atoms with Gasteiger partial charge in [0.1, 0.15) is 0 Å². The maximum absolute atomic E-state index is 6.75. The Morgan fingerprint density at radius 1 is 0.500 bits per heavy atom. The standard InChI is InChI=1S/C20H48O7Si3/c1-18(2)23-12-15-28(9,21-7)26-30(11,17-14-25-20(5)6)27-29(10,22-8)16-13-24-19(3)4/h18-20H,12-17H2,1-11H3. The monoisotopic (exact) mass is 484 g/mol. The van der Waals surface area contributed by atoms with Crippen molar-refractivity contribution in [2.75, 3.05) is 34.0 Å². The molecule has 2 unspecified atom stereocenters. The van der Waals surface area contributed by atoms with Gasteiger partial charge < -0.3 is 31.3 Å². The van der Waals surface area contributed by atoms with Gasteiger partial charge in [0.05, 0.1) is 18.3 Å². The summed E-state index contributed by atoms with van der Waals surface area (Å²) in [6.07, 6.45) is 0.536. The summed E-state index contributed by atoms with van der Waals surface area (Å²) in [5.74, 6) is 0. The predicted octanol–water partition coefficient (Wildman–Crippen LogP) is 4.80. The second-order valence-corrected chi connectivity index (χ2v) is 19.8. The minimum absolute atomic E-state index is 0.166. The van der Waals surface area contributed by atoms with Crippen LogP contribution in [0.15, 0.2) is 0 Å². The Hall–Kier alpha value is 0.371. The van der Waals surface area contributed by atoms with E-state index in [4.69, 9.17) is 31.3 Å². The molecule has 10 heteroatoms. The van der Waals surface area contributed by atoms with Crippen LogP contribution in [0.25, 0.3) is 0 Å². The zero-order valence-electron chi connectivity index (χ0n) is 21.3. The first-order chi connectivity index (χ1) is 13.8. The zero-order chi connectivity index (χ0) is 23.4. The molecule has 0 rings (SSSR count). The van der Waals surface area contributed by atoms with Gasteiger partial charge in [0.25, 0.3) is 0 Å². The highest BCUT2D eigenvalue weighted by Gasteiger charge is 2.47. The lowest BCUT2D eigenvalue weighted by molar-refractivity contribution is 0.0795. The molecule has 0 saturated carbocycles. The first-order valence-corrected chi connectivity index (χ1v) is 18.7. The van der Waals surface area contributed by atoms with Crippen molar-refractivity contribution in [1.82, 2.24) is 0 Å². The minimum atomic E-state index is -2.65. The molecule has 0 aliphatic heterocycles. The van der Waals surface area contributed by atoms with Crippen LogP contribution < -0.4 is 0 Å². The van der Waals surface area contributed by atoms with Crippen molar-refractivity contribution in [3.63, 3.8) is 0 Å². The minimum Gasteiger partial charge on any atom is -0.415 e. The van der Waals surface area contributed by atoms with E-state index < -0.39 is 25.7 Å². The third-order valence-electron chi connectivity index (χ3n) is 4.75. The van der Waals surface area contributed by atoms with E-state index in [0.717, 1.165) is 18.1 Å². The van der Waals surface area contributed by atoms with Crippen LogP contribution >= 0.6 is 0 Å². The van der Waals surface area contributed by atoms with E-state index in [1.54, 1.807) is 14.2 Å². The molecule has 0 bridgehead atoms. The summed E-state index contributed by atoms with van der Waals surface area (Å²) in [6, 6.07) is 2.22. The molecule has 0 aromatic heterocycles. The molecule has 0 spiro atoms. The molecule has 0 N–H and O–H groups in total. The zero-order valence-corrected chi connectivity index (χ0v) is 24.3. The average molecular weight is 485 g/mol. The molecule has 0 heterocycles. The summed E-state index contributed by atoms with van der Waals surface area (Å²) in [6.45, 7) is 20.3. The van der Waals surface area contributed by atoms with Gasteiger partial charge in [-0.2, -0.15) is 0 Å². The fraction of sp³-hybridized carbons (Fsp3) is 1.00. The Balaban J connectivity index is 5.36. The van der Waals surface area contributed by atoms with Gasteiger partial charge in [0.15, 0.2) is 0 Å². The summed E-state index contributed by atoms with van der Waals surface area (Å²) in [4.78, 5) is 0. The van der Waals surface area contributed by atoms with Gasteiger partial charge >= 0.3 is 25.7 Å². The van der Waals surface area contributed by atoms with Crippen LogP contribution in [0.4, 0.5) is 0 Å². The van der Waals surface area contributed by atoms with E-state index >= 15 is 0 Å². The average Bonchev–Trinajstić information content (AvgIpc) is 2.60. The number of ether oxygens (including phenoxy) is 3. The van der Waals surface area contributed by atoms with E-state index in [0.29, 0.717) is 19.8 Å². The quantitative estimate of drug-likeness (QED) is 0.259. The third kappa shape index (κ3) is 13.7.